The number of aryl methyl sites for hydroxylation is 3. The molecule has 1 saturated heterocycles. The van der Waals surface area contributed by atoms with Crippen molar-refractivity contribution >= 4 is 18.3 Å². The van der Waals surface area contributed by atoms with Gasteiger partial charge in [-0.2, -0.15) is 0 Å². The zero-order chi connectivity index (χ0) is 14.5. The molecule has 0 aliphatic carbocycles. The Morgan fingerprint density at radius 2 is 2.14 bits per heavy atom. The minimum absolute atomic E-state index is 0. The molecule has 1 aliphatic rings. The number of nitrogens with one attached hydrogen (secondary N) is 2. The van der Waals surface area contributed by atoms with E-state index in [2.05, 4.69) is 49.6 Å². The van der Waals surface area contributed by atoms with Gasteiger partial charge in [-0.15, -0.1) is 12.4 Å². The third kappa shape index (κ3) is 5.33. The molecule has 118 valence electrons. The van der Waals surface area contributed by atoms with E-state index in [-0.39, 0.29) is 18.3 Å². The molecule has 1 aromatic carbocycles. The van der Waals surface area contributed by atoms with Gasteiger partial charge in [0, 0.05) is 12.5 Å². The lowest BCUT2D eigenvalue weighted by Crippen LogP contribution is -2.48. The summed E-state index contributed by atoms with van der Waals surface area (Å²) in [6, 6.07) is 6.78. The molecule has 1 aromatic rings. The number of rotatable bonds is 4. The molecule has 2 atom stereocenters. The molecule has 1 aliphatic heterocycles. The van der Waals surface area contributed by atoms with Crippen LogP contribution in [0.15, 0.2) is 18.2 Å². The van der Waals surface area contributed by atoms with Gasteiger partial charge in [-0.05, 0) is 56.8 Å². The van der Waals surface area contributed by atoms with Gasteiger partial charge < -0.3 is 10.6 Å². The molecule has 4 heteroatoms. The summed E-state index contributed by atoms with van der Waals surface area (Å²) in [5.41, 5.74) is 3.84. The van der Waals surface area contributed by atoms with Gasteiger partial charge in [0.05, 0.1) is 0 Å². The molecule has 21 heavy (non-hydrogen) atoms. The smallest absolute Gasteiger partial charge is 0.220 e. The topological polar surface area (TPSA) is 41.1 Å². The van der Waals surface area contributed by atoms with Gasteiger partial charge >= 0.3 is 0 Å². The lowest BCUT2D eigenvalue weighted by Gasteiger charge is -2.30. The number of carbonyl (C=O) groups is 1. The molecule has 3 nitrogen and oxygen atoms in total. The van der Waals surface area contributed by atoms with Crippen molar-refractivity contribution < 1.29 is 4.79 Å². The van der Waals surface area contributed by atoms with Crippen molar-refractivity contribution in [2.24, 2.45) is 5.92 Å². The summed E-state index contributed by atoms with van der Waals surface area (Å²) in [6.45, 7) is 8.42. The minimum atomic E-state index is 0. The van der Waals surface area contributed by atoms with E-state index in [1.54, 1.807) is 0 Å². The van der Waals surface area contributed by atoms with Crippen LogP contribution in [0.25, 0.3) is 0 Å². The Morgan fingerprint density at radius 1 is 1.38 bits per heavy atom. The normalized spacial score (nSPS) is 21.5. The standard InChI is InChI=1S/C17H26N2O.ClH/c1-12-4-5-15(13(2)10-12)6-7-17(20)19-16-8-9-18-11-14(16)3;/h4-5,10,14,16,18H,6-9,11H2,1-3H3,(H,19,20);1H. The molecule has 1 fully saturated rings. The Hall–Kier alpha value is -1.06. The predicted octanol–water partition coefficient (Wildman–Crippen LogP) is 2.77. The van der Waals surface area contributed by atoms with Crippen LogP contribution in [-0.4, -0.2) is 25.0 Å². The van der Waals surface area contributed by atoms with E-state index in [0.29, 0.717) is 18.4 Å². The van der Waals surface area contributed by atoms with Crippen LogP contribution in [0.5, 0.6) is 0 Å². The Balaban J connectivity index is 0.00000220. The van der Waals surface area contributed by atoms with E-state index in [9.17, 15) is 4.79 Å². The van der Waals surface area contributed by atoms with E-state index in [1.165, 1.54) is 16.7 Å². The maximum atomic E-state index is 12.1. The van der Waals surface area contributed by atoms with Crippen LogP contribution in [0.4, 0.5) is 0 Å². The number of piperidine rings is 1. The number of amides is 1. The maximum Gasteiger partial charge on any atom is 0.220 e. The van der Waals surface area contributed by atoms with Gasteiger partial charge in [0.25, 0.3) is 0 Å². The number of hydrogen-bond acceptors (Lipinski definition) is 2. The van der Waals surface area contributed by atoms with Gasteiger partial charge in [-0.3, -0.25) is 4.79 Å². The fraction of sp³-hybridized carbons (Fsp3) is 0.588. The average Bonchev–Trinajstić information content (AvgIpc) is 2.40. The molecular formula is C17H27ClN2O. The second kappa shape index (κ2) is 8.40. The zero-order valence-electron chi connectivity index (χ0n) is 13.2. The Kier molecular flexibility index (Phi) is 7.20. The second-order valence-corrected chi connectivity index (χ2v) is 6.07. The largest absolute Gasteiger partial charge is 0.353 e. The Morgan fingerprint density at radius 3 is 2.81 bits per heavy atom. The van der Waals surface area contributed by atoms with Gasteiger partial charge in [-0.25, -0.2) is 0 Å². The summed E-state index contributed by atoms with van der Waals surface area (Å²) in [6.07, 6.45) is 2.45. The van der Waals surface area contributed by atoms with Crippen molar-refractivity contribution in [2.75, 3.05) is 13.1 Å². The van der Waals surface area contributed by atoms with Crippen LogP contribution in [0.1, 0.15) is 36.5 Å². The number of benzene rings is 1. The van der Waals surface area contributed by atoms with Crippen molar-refractivity contribution in [3.8, 4) is 0 Å². The highest BCUT2D eigenvalue weighted by molar-refractivity contribution is 5.85. The monoisotopic (exact) mass is 310 g/mol. The number of carbonyl (C=O) groups excluding carboxylic acids is 1. The van der Waals surface area contributed by atoms with Crippen LogP contribution in [0.3, 0.4) is 0 Å². The van der Waals surface area contributed by atoms with E-state index in [0.717, 1.165) is 25.9 Å². The highest BCUT2D eigenvalue weighted by Gasteiger charge is 2.22. The molecule has 1 heterocycles. The molecule has 0 saturated carbocycles. The highest BCUT2D eigenvalue weighted by Crippen LogP contribution is 2.14. The van der Waals surface area contributed by atoms with E-state index < -0.39 is 0 Å². The van der Waals surface area contributed by atoms with E-state index >= 15 is 0 Å². The predicted molar refractivity (Wildman–Crippen MR) is 90.1 cm³/mol. The Bertz CT molecular complexity index is 476. The lowest BCUT2D eigenvalue weighted by molar-refractivity contribution is -0.122. The maximum absolute atomic E-state index is 12.1. The highest BCUT2D eigenvalue weighted by atomic mass is 35.5. The molecule has 2 rings (SSSR count). The fourth-order valence-corrected chi connectivity index (χ4v) is 2.88. The Labute approximate surface area is 134 Å². The van der Waals surface area contributed by atoms with Gasteiger partial charge in [0.1, 0.15) is 0 Å². The lowest BCUT2D eigenvalue weighted by atomic mass is 9.95. The van der Waals surface area contributed by atoms with Crippen LogP contribution in [0.2, 0.25) is 0 Å². The molecule has 1 amide bonds. The fourth-order valence-electron chi connectivity index (χ4n) is 2.88. The summed E-state index contributed by atoms with van der Waals surface area (Å²) < 4.78 is 0. The first-order chi connectivity index (χ1) is 9.56. The second-order valence-electron chi connectivity index (χ2n) is 6.07. The molecule has 2 N–H and O–H groups in total. The zero-order valence-corrected chi connectivity index (χ0v) is 14.1. The first-order valence-electron chi connectivity index (χ1n) is 7.62. The summed E-state index contributed by atoms with van der Waals surface area (Å²) >= 11 is 0. The summed E-state index contributed by atoms with van der Waals surface area (Å²) in [7, 11) is 0. The van der Waals surface area contributed by atoms with E-state index in [4.69, 9.17) is 0 Å². The molecule has 0 bridgehead atoms. The third-order valence-corrected chi connectivity index (χ3v) is 4.25. The van der Waals surface area contributed by atoms with Crippen molar-refractivity contribution in [3.63, 3.8) is 0 Å². The molecule has 2 unspecified atom stereocenters. The first-order valence-corrected chi connectivity index (χ1v) is 7.62. The van der Waals surface area contributed by atoms with Crippen molar-refractivity contribution in [3.05, 3.63) is 34.9 Å². The summed E-state index contributed by atoms with van der Waals surface area (Å²) in [4.78, 5) is 12.1. The van der Waals surface area contributed by atoms with Crippen LogP contribution in [-0.2, 0) is 11.2 Å². The molecular weight excluding hydrogens is 284 g/mol. The summed E-state index contributed by atoms with van der Waals surface area (Å²) in [5, 5.41) is 6.55. The van der Waals surface area contributed by atoms with Gasteiger partial charge in [-0.1, -0.05) is 30.7 Å². The van der Waals surface area contributed by atoms with Crippen molar-refractivity contribution in [2.45, 2.75) is 46.1 Å². The average molecular weight is 311 g/mol. The van der Waals surface area contributed by atoms with Gasteiger partial charge in [0.15, 0.2) is 0 Å². The first kappa shape index (κ1) is 18.0. The summed E-state index contributed by atoms with van der Waals surface area (Å²) in [5.74, 6) is 0.706. The minimum Gasteiger partial charge on any atom is -0.353 e. The third-order valence-electron chi connectivity index (χ3n) is 4.25. The molecule has 0 radical (unpaired) electrons. The number of halogens is 1. The van der Waals surface area contributed by atoms with Crippen molar-refractivity contribution in [1.29, 1.82) is 0 Å². The van der Waals surface area contributed by atoms with Gasteiger partial charge in [0.2, 0.25) is 5.91 Å². The van der Waals surface area contributed by atoms with Crippen LogP contribution in [0, 0.1) is 19.8 Å². The van der Waals surface area contributed by atoms with Crippen LogP contribution < -0.4 is 10.6 Å². The number of hydrogen-bond donors (Lipinski definition) is 2. The SMILES string of the molecule is Cc1ccc(CCC(=O)NC2CCNCC2C)c(C)c1.Cl. The van der Waals surface area contributed by atoms with Crippen LogP contribution >= 0.6 is 12.4 Å². The van der Waals surface area contributed by atoms with E-state index in [1.807, 2.05) is 0 Å². The molecule has 0 aromatic heterocycles. The quantitative estimate of drug-likeness (QED) is 0.898. The molecule has 0 spiro atoms. The van der Waals surface area contributed by atoms with Crippen molar-refractivity contribution in [1.82, 2.24) is 10.6 Å².